The van der Waals surface area contributed by atoms with Gasteiger partial charge in [0.1, 0.15) is 29.7 Å². The number of fused-ring (bicyclic) bond motifs is 1. The molecule has 1 fully saturated rings. The first-order valence-corrected chi connectivity index (χ1v) is 9.23. The van der Waals surface area contributed by atoms with Crippen molar-refractivity contribution >= 4 is 17.0 Å². The first-order chi connectivity index (χ1) is 13.6. The monoisotopic (exact) mass is 385 g/mol. The van der Waals surface area contributed by atoms with Crippen molar-refractivity contribution in [3.8, 4) is 0 Å². The normalized spacial score (nSPS) is 24.8. The van der Waals surface area contributed by atoms with Crippen molar-refractivity contribution in [3.63, 3.8) is 0 Å². The first kappa shape index (κ1) is 18.8. The summed E-state index contributed by atoms with van der Waals surface area (Å²) >= 11 is 0. The molecule has 0 bridgehead atoms. The highest BCUT2D eigenvalue weighted by Gasteiger charge is 2.44. The lowest BCUT2D eigenvalue weighted by molar-refractivity contribution is -0.0511. The largest absolute Gasteiger partial charge is 0.394 e. The van der Waals surface area contributed by atoms with Gasteiger partial charge in [0, 0.05) is 6.42 Å². The zero-order valence-corrected chi connectivity index (χ0v) is 15.2. The number of rotatable bonds is 6. The van der Waals surface area contributed by atoms with Crippen molar-refractivity contribution in [2.45, 2.75) is 43.8 Å². The molecule has 148 valence electrons. The number of nitrogens with two attached hydrogens (primary N) is 1. The van der Waals surface area contributed by atoms with Crippen molar-refractivity contribution < 1.29 is 20.1 Å². The van der Waals surface area contributed by atoms with Crippen LogP contribution in [0.4, 0.5) is 5.82 Å². The van der Waals surface area contributed by atoms with Gasteiger partial charge in [0.05, 0.1) is 12.9 Å². The summed E-state index contributed by atoms with van der Waals surface area (Å²) in [5, 5.41) is 29.6. The number of benzene rings is 1. The lowest BCUT2D eigenvalue weighted by Crippen LogP contribution is -2.33. The van der Waals surface area contributed by atoms with Gasteiger partial charge in [0.15, 0.2) is 17.7 Å². The fraction of sp³-hybridized carbons (Fsp3) is 0.421. The molecule has 4 atom stereocenters. The number of aliphatic hydroxyl groups is 3. The third-order valence-corrected chi connectivity index (χ3v) is 4.99. The highest BCUT2D eigenvalue weighted by atomic mass is 16.6. The molecule has 0 aliphatic carbocycles. The zero-order chi connectivity index (χ0) is 19.7. The summed E-state index contributed by atoms with van der Waals surface area (Å²) in [4.78, 5) is 13.1. The third-order valence-electron chi connectivity index (χ3n) is 4.99. The van der Waals surface area contributed by atoms with Crippen molar-refractivity contribution in [2.24, 2.45) is 0 Å². The Kier molecular flexibility index (Phi) is 5.23. The molecule has 9 nitrogen and oxygen atoms in total. The molecule has 9 heteroatoms. The van der Waals surface area contributed by atoms with E-state index in [1.165, 1.54) is 16.5 Å². The molecule has 28 heavy (non-hydrogen) atoms. The second-order valence-electron chi connectivity index (χ2n) is 6.92. The minimum Gasteiger partial charge on any atom is -0.394 e. The molecule has 1 saturated heterocycles. The van der Waals surface area contributed by atoms with Crippen LogP contribution in [-0.2, 0) is 17.6 Å². The van der Waals surface area contributed by atoms with Gasteiger partial charge in [0.25, 0.3) is 0 Å². The number of nitrogen functional groups attached to an aromatic ring is 1. The maximum atomic E-state index is 10.3. The summed E-state index contributed by atoms with van der Waals surface area (Å²) in [6.45, 7) is -0.400. The number of hydrogen-bond acceptors (Lipinski definition) is 8. The highest BCUT2D eigenvalue weighted by molar-refractivity contribution is 5.81. The van der Waals surface area contributed by atoms with Gasteiger partial charge in [-0.25, -0.2) is 15.0 Å². The molecule has 0 unspecified atom stereocenters. The van der Waals surface area contributed by atoms with E-state index >= 15 is 0 Å². The minimum atomic E-state index is -1.22. The summed E-state index contributed by atoms with van der Waals surface area (Å²) < 4.78 is 7.10. The van der Waals surface area contributed by atoms with Crippen LogP contribution in [0, 0.1) is 0 Å². The quantitative estimate of drug-likeness (QED) is 0.472. The number of aliphatic hydroxyl groups excluding tert-OH is 3. The predicted octanol–water partition coefficient (Wildman–Crippen LogP) is 0.195. The molecule has 4 rings (SSSR count). The molecule has 0 amide bonds. The summed E-state index contributed by atoms with van der Waals surface area (Å²) in [5.41, 5.74) is 8.13. The van der Waals surface area contributed by atoms with Crippen LogP contribution in [0.3, 0.4) is 0 Å². The molecule has 1 aliphatic heterocycles. The number of aryl methyl sites for hydroxylation is 2. The molecule has 1 aliphatic rings. The van der Waals surface area contributed by atoms with E-state index < -0.39 is 31.1 Å². The molecule has 5 N–H and O–H groups in total. The van der Waals surface area contributed by atoms with Crippen LogP contribution in [0.2, 0.25) is 0 Å². The Bertz CT molecular complexity index is 948. The second-order valence-corrected chi connectivity index (χ2v) is 6.92. The number of ether oxygens (including phenoxy) is 1. The van der Waals surface area contributed by atoms with Crippen LogP contribution in [0.25, 0.3) is 11.2 Å². The Morgan fingerprint density at radius 3 is 2.57 bits per heavy atom. The number of hydrogen-bond donors (Lipinski definition) is 4. The van der Waals surface area contributed by atoms with Gasteiger partial charge < -0.3 is 25.8 Å². The number of aromatic nitrogens is 4. The standard InChI is InChI=1S/C19H23N5O4/c20-17-14-18(23-13(22-17)8-4-7-11-5-2-1-3-6-11)24(10-21-14)19-16(27)15(26)12(9-25)28-19/h1-3,5-6,10,12,15-16,19,25-27H,4,7-9H2,(H2,20,22,23)/t12-,15-,16-,19-/m1/s1. The molecular weight excluding hydrogens is 362 g/mol. The van der Waals surface area contributed by atoms with Gasteiger partial charge in [-0.05, 0) is 18.4 Å². The highest BCUT2D eigenvalue weighted by Crippen LogP contribution is 2.32. The van der Waals surface area contributed by atoms with Gasteiger partial charge in [-0.15, -0.1) is 0 Å². The number of imidazole rings is 1. The average Bonchev–Trinajstić information content (AvgIpc) is 3.24. The van der Waals surface area contributed by atoms with E-state index in [-0.39, 0.29) is 5.82 Å². The van der Waals surface area contributed by atoms with E-state index in [0.29, 0.717) is 23.4 Å². The van der Waals surface area contributed by atoms with Crippen molar-refractivity contribution in [1.82, 2.24) is 19.5 Å². The topological polar surface area (TPSA) is 140 Å². The smallest absolute Gasteiger partial charge is 0.167 e. The molecule has 0 saturated carbocycles. The molecule has 2 aromatic heterocycles. The van der Waals surface area contributed by atoms with Crippen LogP contribution in [0.5, 0.6) is 0 Å². The second kappa shape index (κ2) is 7.80. The van der Waals surface area contributed by atoms with Crippen LogP contribution >= 0.6 is 0 Å². The maximum Gasteiger partial charge on any atom is 0.167 e. The predicted molar refractivity (Wildman–Crippen MR) is 101 cm³/mol. The number of nitrogens with zero attached hydrogens (tertiary/aromatic N) is 4. The van der Waals surface area contributed by atoms with Crippen molar-refractivity contribution in [2.75, 3.05) is 12.3 Å². The summed E-state index contributed by atoms with van der Waals surface area (Å²) in [6, 6.07) is 10.2. The van der Waals surface area contributed by atoms with Gasteiger partial charge >= 0.3 is 0 Å². The molecule has 1 aromatic carbocycles. The molecular formula is C19H23N5O4. The lowest BCUT2D eigenvalue weighted by Gasteiger charge is -2.16. The van der Waals surface area contributed by atoms with Crippen LogP contribution in [0.1, 0.15) is 24.0 Å². The summed E-state index contributed by atoms with van der Waals surface area (Å²) in [7, 11) is 0. The zero-order valence-electron chi connectivity index (χ0n) is 15.2. The van der Waals surface area contributed by atoms with Crippen molar-refractivity contribution in [3.05, 3.63) is 48.0 Å². The molecule has 0 radical (unpaired) electrons. The SMILES string of the molecule is Nc1nc(CCCc2ccccc2)nc2c1ncn2[C@@H]1O[C@H](CO)[C@@H](O)[C@H]1O. The van der Waals surface area contributed by atoms with E-state index in [9.17, 15) is 15.3 Å². The lowest BCUT2D eigenvalue weighted by atomic mass is 10.1. The Morgan fingerprint density at radius 2 is 1.86 bits per heavy atom. The van der Waals surface area contributed by atoms with Crippen molar-refractivity contribution in [1.29, 1.82) is 0 Å². The third kappa shape index (κ3) is 3.45. The number of anilines is 1. The Balaban J connectivity index is 1.56. The first-order valence-electron chi connectivity index (χ1n) is 9.23. The van der Waals surface area contributed by atoms with Gasteiger partial charge in [-0.1, -0.05) is 30.3 Å². The van der Waals surface area contributed by atoms with Gasteiger partial charge in [-0.2, -0.15) is 0 Å². The fourth-order valence-corrected chi connectivity index (χ4v) is 3.49. The van der Waals surface area contributed by atoms with E-state index in [1.807, 2.05) is 18.2 Å². The molecule has 3 heterocycles. The average molecular weight is 385 g/mol. The van der Waals surface area contributed by atoms with E-state index in [2.05, 4.69) is 27.1 Å². The summed E-state index contributed by atoms with van der Waals surface area (Å²) in [5.74, 6) is 0.833. The van der Waals surface area contributed by atoms with E-state index in [1.54, 1.807) is 0 Å². The maximum absolute atomic E-state index is 10.3. The van der Waals surface area contributed by atoms with E-state index in [4.69, 9.17) is 10.5 Å². The van der Waals surface area contributed by atoms with Crippen LogP contribution in [-0.4, -0.2) is 59.8 Å². The Morgan fingerprint density at radius 1 is 1.07 bits per heavy atom. The minimum absolute atomic E-state index is 0.255. The molecule has 3 aromatic rings. The molecule has 0 spiro atoms. The van der Waals surface area contributed by atoms with Crippen LogP contribution in [0.15, 0.2) is 36.7 Å². The van der Waals surface area contributed by atoms with Gasteiger partial charge in [0.2, 0.25) is 0 Å². The Labute approximate surface area is 161 Å². The van der Waals surface area contributed by atoms with Gasteiger partial charge in [-0.3, -0.25) is 4.57 Å². The van der Waals surface area contributed by atoms with Crippen LogP contribution < -0.4 is 5.73 Å². The van der Waals surface area contributed by atoms with E-state index in [0.717, 1.165) is 12.8 Å². The fourth-order valence-electron chi connectivity index (χ4n) is 3.49. The summed E-state index contributed by atoms with van der Waals surface area (Å²) in [6.07, 6.45) is -0.359. The Hall–Kier alpha value is -2.59.